The van der Waals surface area contributed by atoms with Gasteiger partial charge in [0.2, 0.25) is 0 Å². The van der Waals surface area contributed by atoms with Crippen molar-refractivity contribution in [3.05, 3.63) is 0 Å². The van der Waals surface area contributed by atoms with Gasteiger partial charge in [-0.3, -0.25) is 0 Å². The number of nitrogens with two attached hydrogens (primary N) is 2. The van der Waals surface area contributed by atoms with Crippen molar-refractivity contribution in [3.63, 3.8) is 0 Å². The van der Waals surface area contributed by atoms with E-state index >= 15 is 0 Å². The Morgan fingerprint density at radius 3 is 1.82 bits per heavy atom. The molecule has 0 spiro atoms. The van der Waals surface area contributed by atoms with Crippen LogP contribution in [0, 0.1) is 11.8 Å². The predicted molar refractivity (Wildman–Crippen MR) is 78.0 cm³/mol. The Labute approximate surface area is 109 Å². The topological polar surface area (TPSA) is 52.0 Å². The van der Waals surface area contributed by atoms with E-state index in [0.29, 0.717) is 5.92 Å². The molecule has 0 fully saturated rings. The first-order chi connectivity index (χ1) is 8.26. The third kappa shape index (κ3) is 9.61. The molecule has 2 unspecified atom stereocenters. The van der Waals surface area contributed by atoms with Crippen molar-refractivity contribution in [2.75, 3.05) is 13.1 Å². The lowest BCUT2D eigenvalue weighted by Gasteiger charge is -2.21. The Bertz CT molecular complexity index is 148. The number of hydrogen-bond donors (Lipinski definition) is 2. The van der Waals surface area contributed by atoms with Gasteiger partial charge in [0.15, 0.2) is 0 Å². The van der Waals surface area contributed by atoms with Crippen LogP contribution in [-0.2, 0) is 0 Å². The van der Waals surface area contributed by atoms with Gasteiger partial charge in [0.1, 0.15) is 0 Å². The van der Waals surface area contributed by atoms with Crippen LogP contribution in [0.3, 0.4) is 0 Å². The SMILES string of the molecule is CCC(CCCCCCCCCN)C(C)CN. The maximum absolute atomic E-state index is 5.74. The zero-order valence-electron chi connectivity index (χ0n) is 12.1. The molecule has 0 amide bonds. The first-order valence-electron chi connectivity index (χ1n) is 7.66. The van der Waals surface area contributed by atoms with Crippen LogP contribution in [-0.4, -0.2) is 13.1 Å². The minimum atomic E-state index is 0.699. The number of hydrogen-bond acceptors (Lipinski definition) is 2. The van der Waals surface area contributed by atoms with Crippen molar-refractivity contribution in [2.24, 2.45) is 23.3 Å². The monoisotopic (exact) mass is 242 g/mol. The van der Waals surface area contributed by atoms with E-state index < -0.39 is 0 Å². The molecule has 17 heavy (non-hydrogen) atoms. The lowest BCUT2D eigenvalue weighted by molar-refractivity contribution is 0.320. The van der Waals surface area contributed by atoms with Crippen molar-refractivity contribution in [2.45, 2.75) is 71.6 Å². The minimum Gasteiger partial charge on any atom is -0.330 e. The summed E-state index contributed by atoms with van der Waals surface area (Å²) in [6, 6.07) is 0. The summed E-state index contributed by atoms with van der Waals surface area (Å²) < 4.78 is 0. The van der Waals surface area contributed by atoms with Gasteiger partial charge >= 0.3 is 0 Å². The fourth-order valence-corrected chi connectivity index (χ4v) is 2.52. The molecule has 4 N–H and O–H groups in total. The standard InChI is InChI=1S/C15H34N2/c1-3-15(14(2)13-17)11-9-7-5-4-6-8-10-12-16/h14-15H,3-13,16-17H2,1-2H3. The molecule has 0 aromatic carbocycles. The summed E-state index contributed by atoms with van der Waals surface area (Å²) in [5, 5.41) is 0. The predicted octanol–water partition coefficient (Wildman–Crippen LogP) is 3.69. The molecular weight excluding hydrogens is 208 g/mol. The van der Waals surface area contributed by atoms with Crippen molar-refractivity contribution >= 4 is 0 Å². The zero-order chi connectivity index (χ0) is 12.9. The maximum atomic E-state index is 5.74. The average Bonchev–Trinajstić information content (AvgIpc) is 2.36. The maximum Gasteiger partial charge on any atom is -0.00489 e. The summed E-state index contributed by atoms with van der Waals surface area (Å²) >= 11 is 0. The Balaban J connectivity index is 3.31. The summed E-state index contributed by atoms with van der Waals surface area (Å²) in [4.78, 5) is 0. The van der Waals surface area contributed by atoms with Gasteiger partial charge < -0.3 is 11.5 Å². The molecule has 2 atom stereocenters. The van der Waals surface area contributed by atoms with Crippen molar-refractivity contribution < 1.29 is 0 Å². The molecule has 2 heteroatoms. The van der Waals surface area contributed by atoms with E-state index in [4.69, 9.17) is 11.5 Å². The molecule has 0 aliphatic rings. The normalized spacial score (nSPS) is 14.8. The molecule has 0 radical (unpaired) electrons. The highest BCUT2D eigenvalue weighted by Gasteiger charge is 2.12. The van der Waals surface area contributed by atoms with Gasteiger partial charge in [-0.05, 0) is 31.3 Å². The third-order valence-corrected chi connectivity index (χ3v) is 3.98. The fraction of sp³-hybridized carbons (Fsp3) is 1.00. The summed E-state index contributed by atoms with van der Waals surface area (Å²) in [7, 11) is 0. The minimum absolute atomic E-state index is 0.699. The molecule has 0 aromatic heterocycles. The molecule has 104 valence electrons. The van der Waals surface area contributed by atoms with E-state index in [1.54, 1.807) is 0 Å². The average molecular weight is 242 g/mol. The Morgan fingerprint density at radius 1 is 0.824 bits per heavy atom. The molecule has 2 nitrogen and oxygen atoms in total. The van der Waals surface area contributed by atoms with Crippen LogP contribution in [0.25, 0.3) is 0 Å². The van der Waals surface area contributed by atoms with E-state index in [9.17, 15) is 0 Å². The van der Waals surface area contributed by atoms with Gasteiger partial charge in [0, 0.05) is 0 Å². The molecule has 0 aromatic rings. The first-order valence-corrected chi connectivity index (χ1v) is 7.66. The van der Waals surface area contributed by atoms with Crippen molar-refractivity contribution in [1.82, 2.24) is 0 Å². The summed E-state index contributed by atoms with van der Waals surface area (Å²) in [6.45, 7) is 6.29. The second kappa shape index (κ2) is 12.4. The Kier molecular flexibility index (Phi) is 12.3. The van der Waals surface area contributed by atoms with Gasteiger partial charge in [-0.15, -0.1) is 0 Å². The van der Waals surface area contributed by atoms with Crippen LogP contribution in [0.1, 0.15) is 71.6 Å². The summed E-state index contributed by atoms with van der Waals surface area (Å²) in [5.74, 6) is 1.54. The molecule has 0 aliphatic heterocycles. The lowest BCUT2D eigenvalue weighted by Crippen LogP contribution is -2.20. The van der Waals surface area contributed by atoms with Crippen molar-refractivity contribution in [1.29, 1.82) is 0 Å². The van der Waals surface area contributed by atoms with Crippen LogP contribution in [0.15, 0.2) is 0 Å². The van der Waals surface area contributed by atoms with Gasteiger partial charge in [-0.2, -0.15) is 0 Å². The van der Waals surface area contributed by atoms with Crippen LogP contribution >= 0.6 is 0 Å². The Morgan fingerprint density at radius 2 is 1.35 bits per heavy atom. The molecule has 0 saturated carbocycles. The van der Waals surface area contributed by atoms with Crippen LogP contribution < -0.4 is 11.5 Å². The largest absolute Gasteiger partial charge is 0.330 e. The van der Waals surface area contributed by atoms with Gasteiger partial charge in [0.25, 0.3) is 0 Å². The van der Waals surface area contributed by atoms with Crippen LogP contribution in [0.5, 0.6) is 0 Å². The number of unbranched alkanes of at least 4 members (excludes halogenated alkanes) is 6. The molecule has 0 saturated heterocycles. The zero-order valence-corrected chi connectivity index (χ0v) is 12.1. The molecular formula is C15H34N2. The first kappa shape index (κ1) is 16.9. The van der Waals surface area contributed by atoms with E-state index in [2.05, 4.69) is 13.8 Å². The second-order valence-corrected chi connectivity index (χ2v) is 5.43. The molecule has 0 aliphatic carbocycles. The Hall–Kier alpha value is -0.0800. The third-order valence-electron chi connectivity index (χ3n) is 3.98. The van der Waals surface area contributed by atoms with E-state index in [1.807, 2.05) is 0 Å². The smallest absolute Gasteiger partial charge is 0.00489 e. The van der Waals surface area contributed by atoms with Crippen LogP contribution in [0.4, 0.5) is 0 Å². The fourth-order valence-electron chi connectivity index (χ4n) is 2.52. The van der Waals surface area contributed by atoms with Crippen LogP contribution in [0.2, 0.25) is 0 Å². The highest BCUT2D eigenvalue weighted by atomic mass is 14.5. The highest BCUT2D eigenvalue weighted by Crippen LogP contribution is 2.22. The number of rotatable bonds is 12. The second-order valence-electron chi connectivity index (χ2n) is 5.43. The molecule has 0 rings (SSSR count). The quantitative estimate of drug-likeness (QED) is 0.513. The van der Waals surface area contributed by atoms with Crippen molar-refractivity contribution in [3.8, 4) is 0 Å². The molecule has 0 heterocycles. The lowest BCUT2D eigenvalue weighted by atomic mass is 9.87. The van der Waals surface area contributed by atoms with Gasteiger partial charge in [0.05, 0.1) is 0 Å². The van der Waals surface area contributed by atoms with Gasteiger partial charge in [-0.25, -0.2) is 0 Å². The summed E-state index contributed by atoms with van der Waals surface area (Å²) in [5.41, 5.74) is 11.2. The van der Waals surface area contributed by atoms with E-state index in [1.165, 1.54) is 57.8 Å². The van der Waals surface area contributed by atoms with Gasteiger partial charge in [-0.1, -0.05) is 65.2 Å². The van der Waals surface area contributed by atoms with E-state index in [-0.39, 0.29) is 0 Å². The summed E-state index contributed by atoms with van der Waals surface area (Å²) in [6.07, 6.45) is 12.1. The van der Waals surface area contributed by atoms with E-state index in [0.717, 1.165) is 19.0 Å². The highest BCUT2D eigenvalue weighted by molar-refractivity contribution is 4.65. The molecule has 0 bridgehead atoms.